The van der Waals surface area contributed by atoms with Crippen LogP contribution in [0.1, 0.15) is 15.9 Å². The molecule has 0 spiro atoms. The van der Waals surface area contributed by atoms with Gasteiger partial charge in [0.1, 0.15) is 30.2 Å². The average molecular weight is 339 g/mol. The summed E-state index contributed by atoms with van der Waals surface area (Å²) in [7, 11) is 1.55. The lowest BCUT2D eigenvalue weighted by molar-refractivity contribution is 0.112. The van der Waals surface area contributed by atoms with E-state index in [1.54, 1.807) is 31.4 Å². The van der Waals surface area contributed by atoms with E-state index in [0.29, 0.717) is 21.5 Å². The van der Waals surface area contributed by atoms with Crippen molar-refractivity contribution in [1.82, 2.24) is 0 Å². The van der Waals surface area contributed by atoms with Crippen molar-refractivity contribution in [3.63, 3.8) is 0 Å². The third-order valence-corrected chi connectivity index (χ3v) is 3.33. The van der Waals surface area contributed by atoms with E-state index in [1.807, 2.05) is 0 Å². The second kappa shape index (κ2) is 6.52. The molecule has 0 aliphatic heterocycles. The SMILES string of the molecule is COc1ccc(C=O)cc1COc1ccc(F)c(Br)c1. The standard InChI is InChI=1S/C15H12BrFO3/c1-19-15-5-2-10(8-18)6-11(15)9-20-12-3-4-14(17)13(16)7-12/h2-8H,9H2,1H3. The molecule has 0 fully saturated rings. The highest BCUT2D eigenvalue weighted by Gasteiger charge is 2.07. The number of hydrogen-bond donors (Lipinski definition) is 0. The molecule has 0 atom stereocenters. The van der Waals surface area contributed by atoms with Gasteiger partial charge >= 0.3 is 0 Å². The average Bonchev–Trinajstić information content (AvgIpc) is 2.48. The molecule has 0 heterocycles. The van der Waals surface area contributed by atoms with Crippen molar-refractivity contribution in [2.45, 2.75) is 6.61 Å². The van der Waals surface area contributed by atoms with Crippen molar-refractivity contribution < 1.29 is 18.7 Å². The van der Waals surface area contributed by atoms with Gasteiger partial charge in [0, 0.05) is 11.1 Å². The van der Waals surface area contributed by atoms with Crippen LogP contribution in [-0.4, -0.2) is 13.4 Å². The van der Waals surface area contributed by atoms with Gasteiger partial charge in [-0.2, -0.15) is 0 Å². The molecular weight excluding hydrogens is 327 g/mol. The molecule has 2 aromatic carbocycles. The maximum absolute atomic E-state index is 13.1. The fraction of sp³-hybridized carbons (Fsp3) is 0.133. The molecule has 20 heavy (non-hydrogen) atoms. The smallest absolute Gasteiger partial charge is 0.150 e. The number of aldehydes is 1. The third-order valence-electron chi connectivity index (χ3n) is 2.73. The summed E-state index contributed by atoms with van der Waals surface area (Å²) in [6.07, 6.45) is 0.761. The molecule has 3 nitrogen and oxygen atoms in total. The molecule has 5 heteroatoms. The second-order valence-corrected chi connectivity index (χ2v) is 4.91. The van der Waals surface area contributed by atoms with E-state index in [-0.39, 0.29) is 12.4 Å². The van der Waals surface area contributed by atoms with Crippen molar-refractivity contribution >= 4 is 22.2 Å². The second-order valence-electron chi connectivity index (χ2n) is 4.05. The van der Waals surface area contributed by atoms with Crippen LogP contribution in [0.2, 0.25) is 0 Å². The summed E-state index contributed by atoms with van der Waals surface area (Å²) < 4.78 is 24.2. The van der Waals surface area contributed by atoms with Crippen LogP contribution in [0.25, 0.3) is 0 Å². The number of rotatable bonds is 5. The summed E-state index contributed by atoms with van der Waals surface area (Å²) in [5.41, 5.74) is 1.29. The first-order valence-corrected chi connectivity index (χ1v) is 6.63. The Labute approximate surface area is 124 Å². The Balaban J connectivity index is 2.17. The molecule has 2 aromatic rings. The molecule has 0 aromatic heterocycles. The van der Waals surface area contributed by atoms with E-state index in [0.717, 1.165) is 11.8 Å². The van der Waals surface area contributed by atoms with Crippen molar-refractivity contribution in [1.29, 1.82) is 0 Å². The summed E-state index contributed by atoms with van der Waals surface area (Å²) in [6, 6.07) is 9.48. The van der Waals surface area contributed by atoms with E-state index in [1.165, 1.54) is 12.1 Å². The first-order valence-electron chi connectivity index (χ1n) is 5.84. The van der Waals surface area contributed by atoms with Crippen LogP contribution < -0.4 is 9.47 Å². The van der Waals surface area contributed by atoms with E-state index in [2.05, 4.69) is 15.9 Å². The zero-order valence-corrected chi connectivity index (χ0v) is 12.3. The van der Waals surface area contributed by atoms with Crippen LogP contribution in [0, 0.1) is 5.82 Å². The first-order chi connectivity index (χ1) is 9.63. The topological polar surface area (TPSA) is 35.5 Å². The molecule has 2 rings (SSSR count). The van der Waals surface area contributed by atoms with Crippen molar-refractivity contribution in [3.05, 3.63) is 57.8 Å². The maximum atomic E-state index is 13.1. The normalized spacial score (nSPS) is 10.2. The van der Waals surface area contributed by atoms with Crippen molar-refractivity contribution in [2.75, 3.05) is 7.11 Å². The van der Waals surface area contributed by atoms with Gasteiger partial charge in [-0.3, -0.25) is 4.79 Å². The minimum atomic E-state index is -0.349. The highest BCUT2D eigenvalue weighted by molar-refractivity contribution is 9.10. The Morgan fingerprint density at radius 2 is 2.05 bits per heavy atom. The van der Waals surface area contributed by atoms with Crippen LogP contribution in [-0.2, 0) is 6.61 Å². The van der Waals surface area contributed by atoms with Crippen molar-refractivity contribution in [2.24, 2.45) is 0 Å². The van der Waals surface area contributed by atoms with E-state index in [4.69, 9.17) is 9.47 Å². The van der Waals surface area contributed by atoms with Crippen LogP contribution in [0.5, 0.6) is 11.5 Å². The highest BCUT2D eigenvalue weighted by atomic mass is 79.9. The Kier molecular flexibility index (Phi) is 4.74. The van der Waals surface area contributed by atoms with Gasteiger partial charge in [-0.05, 0) is 52.3 Å². The van der Waals surface area contributed by atoms with Crippen molar-refractivity contribution in [3.8, 4) is 11.5 Å². The van der Waals surface area contributed by atoms with Gasteiger partial charge in [0.2, 0.25) is 0 Å². The molecule has 0 saturated heterocycles. The Morgan fingerprint density at radius 3 is 2.70 bits per heavy atom. The minimum absolute atomic E-state index is 0.225. The fourth-order valence-electron chi connectivity index (χ4n) is 1.71. The van der Waals surface area contributed by atoms with Gasteiger partial charge < -0.3 is 9.47 Å². The van der Waals surface area contributed by atoms with Crippen LogP contribution in [0.4, 0.5) is 4.39 Å². The Hall–Kier alpha value is -1.88. The molecule has 0 radical (unpaired) electrons. The summed E-state index contributed by atoms with van der Waals surface area (Å²) >= 11 is 3.10. The van der Waals surface area contributed by atoms with E-state index in [9.17, 15) is 9.18 Å². The molecule has 104 valence electrons. The number of methoxy groups -OCH3 is 1. The first kappa shape index (κ1) is 14.5. The molecule has 0 saturated carbocycles. The lowest BCUT2D eigenvalue weighted by Gasteiger charge is -2.11. The van der Waals surface area contributed by atoms with Crippen LogP contribution >= 0.6 is 15.9 Å². The number of carbonyl (C=O) groups excluding carboxylic acids is 1. The van der Waals surface area contributed by atoms with Gasteiger partial charge in [0.05, 0.1) is 11.6 Å². The summed E-state index contributed by atoms with van der Waals surface area (Å²) in [5, 5.41) is 0. The predicted octanol–water partition coefficient (Wildman–Crippen LogP) is 3.99. The molecule has 0 N–H and O–H groups in total. The quantitative estimate of drug-likeness (QED) is 0.773. The van der Waals surface area contributed by atoms with Gasteiger partial charge in [-0.15, -0.1) is 0 Å². The van der Waals surface area contributed by atoms with Gasteiger partial charge in [0.25, 0.3) is 0 Å². The lowest BCUT2D eigenvalue weighted by Crippen LogP contribution is -2.00. The monoisotopic (exact) mass is 338 g/mol. The molecule has 0 aliphatic rings. The van der Waals surface area contributed by atoms with Gasteiger partial charge in [-0.25, -0.2) is 4.39 Å². The summed E-state index contributed by atoms with van der Waals surface area (Å²) in [4.78, 5) is 10.8. The van der Waals surface area contributed by atoms with Gasteiger partial charge in [0.15, 0.2) is 0 Å². The lowest BCUT2D eigenvalue weighted by atomic mass is 10.1. The number of ether oxygens (including phenoxy) is 2. The maximum Gasteiger partial charge on any atom is 0.150 e. The largest absolute Gasteiger partial charge is 0.496 e. The third kappa shape index (κ3) is 3.36. The molecule has 0 aliphatic carbocycles. The van der Waals surface area contributed by atoms with E-state index < -0.39 is 0 Å². The fourth-order valence-corrected chi connectivity index (χ4v) is 2.07. The zero-order chi connectivity index (χ0) is 14.5. The summed E-state index contributed by atoms with van der Waals surface area (Å²) in [6.45, 7) is 0.225. The Morgan fingerprint density at radius 1 is 1.25 bits per heavy atom. The predicted molar refractivity (Wildman–Crippen MR) is 76.8 cm³/mol. The minimum Gasteiger partial charge on any atom is -0.496 e. The molecule has 0 unspecified atom stereocenters. The number of carbonyl (C=O) groups is 1. The highest BCUT2D eigenvalue weighted by Crippen LogP contribution is 2.25. The summed E-state index contributed by atoms with van der Waals surface area (Å²) in [5.74, 6) is 0.812. The molecule has 0 amide bonds. The van der Waals surface area contributed by atoms with Gasteiger partial charge in [-0.1, -0.05) is 0 Å². The van der Waals surface area contributed by atoms with E-state index >= 15 is 0 Å². The zero-order valence-electron chi connectivity index (χ0n) is 10.7. The van der Waals surface area contributed by atoms with Crippen LogP contribution in [0.3, 0.4) is 0 Å². The number of hydrogen-bond acceptors (Lipinski definition) is 3. The molecular formula is C15H12BrFO3. The van der Waals surface area contributed by atoms with Crippen LogP contribution in [0.15, 0.2) is 40.9 Å². The molecule has 0 bridgehead atoms. The number of benzene rings is 2. The Bertz CT molecular complexity index is 629. The number of halogens is 2.